The summed E-state index contributed by atoms with van der Waals surface area (Å²) in [6.45, 7) is 3.87. The molecule has 3 aromatic rings. The maximum Gasteiger partial charge on any atom is 0.237 e. The second-order valence-corrected chi connectivity index (χ2v) is 7.80. The minimum absolute atomic E-state index is 0.249. The van der Waals surface area contributed by atoms with Crippen LogP contribution in [0.15, 0.2) is 60.8 Å². The van der Waals surface area contributed by atoms with Crippen LogP contribution in [0.5, 0.6) is 0 Å². The van der Waals surface area contributed by atoms with Crippen molar-refractivity contribution in [2.24, 2.45) is 0 Å². The number of rotatable bonds is 3. The quantitative estimate of drug-likeness (QED) is 0.760. The third kappa shape index (κ3) is 3.25. The topological polar surface area (TPSA) is 39.3 Å². The summed E-state index contributed by atoms with van der Waals surface area (Å²) < 4.78 is 0. The molecule has 1 aromatic heterocycles. The Balaban J connectivity index is 1.23. The highest BCUT2D eigenvalue weighted by atomic mass is 16.2. The number of benzene rings is 2. The van der Waals surface area contributed by atoms with Gasteiger partial charge in [-0.15, -0.1) is 0 Å². The van der Waals surface area contributed by atoms with Crippen molar-refractivity contribution in [3.63, 3.8) is 0 Å². The van der Waals surface area contributed by atoms with Gasteiger partial charge >= 0.3 is 0 Å². The predicted molar refractivity (Wildman–Crippen MR) is 113 cm³/mol. The van der Waals surface area contributed by atoms with Crippen molar-refractivity contribution in [1.29, 1.82) is 0 Å². The summed E-state index contributed by atoms with van der Waals surface area (Å²) in [5.74, 6) is 0.249. The monoisotopic (exact) mass is 371 g/mol. The Bertz CT molecular complexity index is 1050. The lowest BCUT2D eigenvalue weighted by Crippen LogP contribution is -2.43. The number of fused-ring (bicyclic) bond motifs is 2. The Labute approximate surface area is 165 Å². The molecular weight excluding hydrogens is 346 g/mol. The van der Waals surface area contributed by atoms with Gasteiger partial charge in [0.1, 0.15) is 0 Å². The van der Waals surface area contributed by atoms with Gasteiger partial charge < -0.3 is 9.88 Å². The van der Waals surface area contributed by atoms with Crippen molar-refractivity contribution in [3.05, 3.63) is 77.5 Å². The fourth-order valence-corrected chi connectivity index (χ4v) is 4.44. The van der Waals surface area contributed by atoms with Crippen molar-refractivity contribution in [3.8, 4) is 0 Å². The van der Waals surface area contributed by atoms with Crippen molar-refractivity contribution >= 4 is 22.4 Å². The third-order valence-electron chi connectivity index (χ3n) is 6.07. The van der Waals surface area contributed by atoms with E-state index in [2.05, 4.69) is 70.7 Å². The first kappa shape index (κ1) is 17.3. The highest BCUT2D eigenvalue weighted by molar-refractivity contribution is 5.92. The van der Waals surface area contributed by atoms with Gasteiger partial charge in [-0.1, -0.05) is 48.5 Å². The molecule has 2 aliphatic heterocycles. The summed E-state index contributed by atoms with van der Waals surface area (Å²) in [7, 11) is 0. The number of carbonyl (C=O) groups excluding carboxylic acids is 1. The molecule has 142 valence electrons. The van der Waals surface area contributed by atoms with Gasteiger partial charge in [-0.2, -0.15) is 0 Å². The van der Waals surface area contributed by atoms with Crippen molar-refractivity contribution in [2.75, 3.05) is 26.2 Å². The van der Waals surface area contributed by atoms with E-state index in [1.54, 1.807) is 0 Å². The van der Waals surface area contributed by atoms with Gasteiger partial charge in [-0.05, 0) is 35.6 Å². The molecule has 0 aliphatic carbocycles. The summed E-state index contributed by atoms with van der Waals surface area (Å²) in [5, 5.41) is 1.28. The smallest absolute Gasteiger partial charge is 0.237 e. The van der Waals surface area contributed by atoms with Crippen LogP contribution in [0.4, 0.5) is 0 Å². The van der Waals surface area contributed by atoms with Gasteiger partial charge in [-0.3, -0.25) is 9.69 Å². The van der Waals surface area contributed by atoms with E-state index in [0.29, 0.717) is 6.54 Å². The van der Waals surface area contributed by atoms with E-state index in [0.717, 1.165) is 39.0 Å². The number of carbonyl (C=O) groups is 1. The molecule has 0 saturated carbocycles. The van der Waals surface area contributed by atoms with Gasteiger partial charge in [0.15, 0.2) is 0 Å². The van der Waals surface area contributed by atoms with Crippen LogP contribution in [0.2, 0.25) is 0 Å². The number of aromatic amines is 1. The van der Waals surface area contributed by atoms with Gasteiger partial charge in [0.05, 0.1) is 6.54 Å². The molecule has 1 amide bonds. The second kappa shape index (κ2) is 7.28. The van der Waals surface area contributed by atoms with E-state index < -0.39 is 0 Å². The highest BCUT2D eigenvalue weighted by Gasteiger charge is 2.23. The van der Waals surface area contributed by atoms with E-state index in [1.165, 1.54) is 33.2 Å². The first-order valence-corrected chi connectivity index (χ1v) is 10.1. The number of H-pyrrole nitrogens is 1. The van der Waals surface area contributed by atoms with E-state index in [9.17, 15) is 4.79 Å². The van der Waals surface area contributed by atoms with Gasteiger partial charge in [0.2, 0.25) is 5.91 Å². The zero-order valence-corrected chi connectivity index (χ0v) is 16.0. The number of nitrogens with one attached hydrogen (secondary N) is 1. The molecule has 0 radical (unpaired) electrons. The molecule has 4 heteroatoms. The van der Waals surface area contributed by atoms with E-state index in [4.69, 9.17) is 0 Å². The number of amides is 1. The maximum atomic E-state index is 12.8. The summed E-state index contributed by atoms with van der Waals surface area (Å²) in [5.41, 5.74) is 6.54. The van der Waals surface area contributed by atoms with Crippen LogP contribution in [0, 0.1) is 0 Å². The number of aromatic nitrogens is 1. The van der Waals surface area contributed by atoms with Gasteiger partial charge in [0, 0.05) is 48.8 Å². The molecule has 0 atom stereocenters. The van der Waals surface area contributed by atoms with Crippen molar-refractivity contribution in [1.82, 2.24) is 14.8 Å². The maximum absolute atomic E-state index is 12.8. The fraction of sp³-hybridized carbons (Fsp3) is 0.292. The summed E-state index contributed by atoms with van der Waals surface area (Å²) >= 11 is 0. The summed E-state index contributed by atoms with van der Waals surface area (Å²) in [6, 6.07) is 16.9. The van der Waals surface area contributed by atoms with E-state index >= 15 is 0 Å². The van der Waals surface area contributed by atoms with Crippen LogP contribution in [0.3, 0.4) is 0 Å². The molecule has 0 saturated heterocycles. The molecule has 5 rings (SSSR count). The lowest BCUT2D eigenvalue weighted by Gasteiger charge is -2.32. The molecule has 2 aliphatic rings. The normalized spacial score (nSPS) is 17.4. The number of hydrogen-bond acceptors (Lipinski definition) is 2. The first-order valence-electron chi connectivity index (χ1n) is 10.1. The first-order chi connectivity index (χ1) is 13.8. The molecule has 0 bridgehead atoms. The standard InChI is InChI=1S/C24H25N3O/c28-24(27-14-11-18-5-1-2-6-20(18)16-27)17-26-12-9-19(10-13-26)22-15-25-23-8-4-3-7-21(22)23/h1-9,15,25H,10-14,16-17H2. The molecule has 28 heavy (non-hydrogen) atoms. The number of para-hydroxylation sites is 1. The molecule has 0 spiro atoms. The molecular formula is C24H25N3O. The average Bonchev–Trinajstić information content (AvgIpc) is 3.18. The Morgan fingerprint density at radius 1 is 0.964 bits per heavy atom. The predicted octanol–water partition coefficient (Wildman–Crippen LogP) is 3.84. The van der Waals surface area contributed by atoms with Crippen molar-refractivity contribution in [2.45, 2.75) is 19.4 Å². The molecule has 1 N–H and O–H groups in total. The summed E-state index contributed by atoms with van der Waals surface area (Å²) in [6.07, 6.45) is 6.35. The van der Waals surface area contributed by atoms with Gasteiger partial charge in [-0.25, -0.2) is 0 Å². The highest BCUT2D eigenvalue weighted by Crippen LogP contribution is 2.29. The molecule has 3 heterocycles. The molecule has 2 aromatic carbocycles. The van der Waals surface area contributed by atoms with Crippen LogP contribution in [-0.2, 0) is 17.8 Å². The average molecular weight is 371 g/mol. The van der Waals surface area contributed by atoms with Crippen LogP contribution in [-0.4, -0.2) is 46.9 Å². The lowest BCUT2D eigenvalue weighted by atomic mass is 9.98. The molecule has 0 unspecified atom stereocenters. The van der Waals surface area contributed by atoms with Crippen molar-refractivity contribution < 1.29 is 4.79 Å². The van der Waals surface area contributed by atoms with Crippen LogP contribution < -0.4 is 0 Å². The fourth-order valence-electron chi connectivity index (χ4n) is 4.44. The molecule has 0 fully saturated rings. The van der Waals surface area contributed by atoms with Gasteiger partial charge in [0.25, 0.3) is 0 Å². The zero-order valence-electron chi connectivity index (χ0n) is 16.0. The van der Waals surface area contributed by atoms with E-state index in [-0.39, 0.29) is 5.91 Å². The molecule has 4 nitrogen and oxygen atoms in total. The minimum Gasteiger partial charge on any atom is -0.361 e. The van der Waals surface area contributed by atoms with Crippen LogP contribution in [0.25, 0.3) is 16.5 Å². The summed E-state index contributed by atoms with van der Waals surface area (Å²) in [4.78, 5) is 20.5. The number of nitrogens with zero attached hydrogens (tertiary/aromatic N) is 2. The Kier molecular flexibility index (Phi) is 4.49. The Hall–Kier alpha value is -2.85. The number of hydrogen-bond donors (Lipinski definition) is 1. The Morgan fingerprint density at radius 3 is 2.64 bits per heavy atom. The minimum atomic E-state index is 0.249. The largest absolute Gasteiger partial charge is 0.361 e. The van der Waals surface area contributed by atoms with Crippen LogP contribution >= 0.6 is 0 Å². The SMILES string of the molecule is O=C(CN1CC=C(c2c[nH]c3ccccc23)CC1)N1CCc2ccccc2C1. The lowest BCUT2D eigenvalue weighted by molar-refractivity contribution is -0.133. The third-order valence-corrected chi connectivity index (χ3v) is 6.07. The van der Waals surface area contributed by atoms with Crippen LogP contribution in [0.1, 0.15) is 23.1 Å². The zero-order chi connectivity index (χ0) is 18.9. The van der Waals surface area contributed by atoms with E-state index in [1.807, 2.05) is 4.90 Å². The second-order valence-electron chi connectivity index (χ2n) is 7.80. The Morgan fingerprint density at radius 2 is 1.79 bits per heavy atom.